The number of para-hydroxylation sites is 1. The molecule has 0 aliphatic heterocycles. The molecular formula is C17H20N2O3. The van der Waals surface area contributed by atoms with Gasteiger partial charge in [0.15, 0.2) is 11.5 Å². The van der Waals surface area contributed by atoms with Crippen molar-refractivity contribution in [3.05, 3.63) is 53.6 Å². The van der Waals surface area contributed by atoms with E-state index in [1.165, 1.54) is 7.11 Å². The van der Waals surface area contributed by atoms with Crippen molar-refractivity contribution >= 4 is 11.6 Å². The lowest BCUT2D eigenvalue weighted by molar-refractivity contribution is 0.102. The summed E-state index contributed by atoms with van der Waals surface area (Å²) in [4.78, 5) is 12.4. The van der Waals surface area contributed by atoms with E-state index in [1.807, 2.05) is 31.2 Å². The summed E-state index contributed by atoms with van der Waals surface area (Å²) in [7, 11) is 3.08. The maximum atomic E-state index is 12.4. The van der Waals surface area contributed by atoms with Crippen LogP contribution in [0.5, 0.6) is 11.5 Å². The first-order valence-corrected chi connectivity index (χ1v) is 6.94. The van der Waals surface area contributed by atoms with Gasteiger partial charge in [-0.3, -0.25) is 4.79 Å². The lowest BCUT2D eigenvalue weighted by atomic mass is 10.1. The number of amides is 1. The van der Waals surface area contributed by atoms with Crippen LogP contribution in [0.4, 0.5) is 5.69 Å². The first-order chi connectivity index (χ1) is 10.6. The summed E-state index contributed by atoms with van der Waals surface area (Å²) in [5.41, 5.74) is 8.00. The molecule has 22 heavy (non-hydrogen) atoms. The molecule has 2 rings (SSSR count). The van der Waals surface area contributed by atoms with E-state index in [0.29, 0.717) is 22.7 Å². The number of methoxy groups -OCH3 is 2. The van der Waals surface area contributed by atoms with Crippen molar-refractivity contribution in [3.8, 4) is 11.5 Å². The van der Waals surface area contributed by atoms with Crippen LogP contribution in [0.2, 0.25) is 0 Å². The lowest BCUT2D eigenvalue weighted by Crippen LogP contribution is -2.16. The molecule has 2 aromatic carbocycles. The van der Waals surface area contributed by atoms with E-state index in [9.17, 15) is 4.79 Å². The van der Waals surface area contributed by atoms with Crippen LogP contribution in [-0.4, -0.2) is 20.1 Å². The molecule has 0 saturated heterocycles. The highest BCUT2D eigenvalue weighted by Gasteiger charge is 2.13. The van der Waals surface area contributed by atoms with Crippen LogP contribution in [-0.2, 0) is 0 Å². The summed E-state index contributed by atoms with van der Waals surface area (Å²) in [5.74, 6) is 0.861. The van der Waals surface area contributed by atoms with Crippen molar-refractivity contribution in [2.45, 2.75) is 13.0 Å². The second-order valence-electron chi connectivity index (χ2n) is 4.90. The first kappa shape index (κ1) is 15.9. The van der Waals surface area contributed by atoms with Gasteiger partial charge in [0, 0.05) is 17.3 Å². The van der Waals surface area contributed by atoms with Gasteiger partial charge in [0.25, 0.3) is 5.91 Å². The topological polar surface area (TPSA) is 73.6 Å². The molecule has 2 aromatic rings. The number of carbonyl (C=O) groups is 1. The molecule has 0 fully saturated rings. The van der Waals surface area contributed by atoms with E-state index < -0.39 is 0 Å². The van der Waals surface area contributed by atoms with Gasteiger partial charge in [-0.15, -0.1) is 0 Å². The Morgan fingerprint density at radius 2 is 1.77 bits per heavy atom. The minimum absolute atomic E-state index is 0.165. The van der Waals surface area contributed by atoms with Crippen LogP contribution in [0.15, 0.2) is 42.5 Å². The fraction of sp³-hybridized carbons (Fsp3) is 0.235. The predicted molar refractivity (Wildman–Crippen MR) is 86.5 cm³/mol. The van der Waals surface area contributed by atoms with E-state index in [4.69, 9.17) is 15.2 Å². The summed E-state index contributed by atoms with van der Waals surface area (Å²) in [6.45, 7) is 1.88. The average molecular weight is 300 g/mol. The normalized spacial score (nSPS) is 11.6. The predicted octanol–water partition coefficient (Wildman–Crippen LogP) is 2.98. The number of benzene rings is 2. The number of nitrogens with one attached hydrogen (secondary N) is 1. The van der Waals surface area contributed by atoms with Gasteiger partial charge < -0.3 is 20.5 Å². The van der Waals surface area contributed by atoms with Crippen molar-refractivity contribution in [3.63, 3.8) is 0 Å². The van der Waals surface area contributed by atoms with E-state index in [2.05, 4.69) is 5.32 Å². The Balaban J connectivity index is 2.26. The third-order valence-electron chi connectivity index (χ3n) is 3.35. The van der Waals surface area contributed by atoms with Crippen LogP contribution in [0.25, 0.3) is 0 Å². The quantitative estimate of drug-likeness (QED) is 0.890. The zero-order valence-electron chi connectivity index (χ0n) is 12.9. The summed E-state index contributed by atoms with van der Waals surface area (Å²) < 4.78 is 10.4. The van der Waals surface area contributed by atoms with Gasteiger partial charge in [-0.1, -0.05) is 18.2 Å². The van der Waals surface area contributed by atoms with E-state index in [-0.39, 0.29) is 11.9 Å². The van der Waals surface area contributed by atoms with Crippen molar-refractivity contribution in [2.75, 3.05) is 19.5 Å². The number of hydrogen-bond acceptors (Lipinski definition) is 4. The molecule has 1 amide bonds. The Kier molecular flexibility index (Phi) is 5.01. The number of nitrogens with two attached hydrogens (primary N) is 1. The van der Waals surface area contributed by atoms with Crippen LogP contribution >= 0.6 is 0 Å². The zero-order chi connectivity index (χ0) is 16.1. The van der Waals surface area contributed by atoms with Crippen LogP contribution < -0.4 is 20.5 Å². The van der Waals surface area contributed by atoms with Crippen molar-refractivity contribution in [1.82, 2.24) is 0 Å². The fourth-order valence-electron chi connectivity index (χ4n) is 2.18. The molecule has 0 bridgehead atoms. The highest BCUT2D eigenvalue weighted by Crippen LogP contribution is 2.28. The Morgan fingerprint density at radius 3 is 2.41 bits per heavy atom. The molecule has 0 aliphatic rings. The molecule has 0 heterocycles. The van der Waals surface area contributed by atoms with E-state index >= 15 is 0 Å². The zero-order valence-corrected chi connectivity index (χ0v) is 12.9. The average Bonchev–Trinajstić information content (AvgIpc) is 2.54. The van der Waals surface area contributed by atoms with Gasteiger partial charge in [-0.25, -0.2) is 0 Å². The minimum atomic E-state index is -0.228. The standard InChI is InChI=1S/C17H20N2O3/c1-11(18)13-6-4-5-7-14(13)19-17(20)12-8-9-15(21-2)16(10-12)22-3/h4-11H,18H2,1-3H3,(H,19,20). The Morgan fingerprint density at radius 1 is 1.09 bits per heavy atom. The van der Waals surface area contributed by atoms with Gasteiger partial charge >= 0.3 is 0 Å². The van der Waals surface area contributed by atoms with Crippen molar-refractivity contribution < 1.29 is 14.3 Å². The van der Waals surface area contributed by atoms with Gasteiger partial charge in [0.1, 0.15) is 0 Å². The highest BCUT2D eigenvalue weighted by atomic mass is 16.5. The molecule has 3 N–H and O–H groups in total. The molecule has 0 aromatic heterocycles. The lowest BCUT2D eigenvalue weighted by Gasteiger charge is -2.14. The second kappa shape index (κ2) is 6.95. The van der Waals surface area contributed by atoms with E-state index in [1.54, 1.807) is 25.3 Å². The maximum absolute atomic E-state index is 12.4. The Bertz CT molecular complexity index is 669. The number of carbonyl (C=O) groups excluding carboxylic acids is 1. The molecule has 0 saturated carbocycles. The Hall–Kier alpha value is -2.53. The number of anilines is 1. The van der Waals surface area contributed by atoms with Crippen molar-refractivity contribution in [1.29, 1.82) is 0 Å². The van der Waals surface area contributed by atoms with Gasteiger partial charge in [-0.05, 0) is 36.8 Å². The first-order valence-electron chi connectivity index (χ1n) is 6.94. The second-order valence-corrected chi connectivity index (χ2v) is 4.90. The maximum Gasteiger partial charge on any atom is 0.255 e. The van der Waals surface area contributed by atoms with Gasteiger partial charge in [0.05, 0.1) is 14.2 Å². The third-order valence-corrected chi connectivity index (χ3v) is 3.35. The van der Waals surface area contributed by atoms with Crippen LogP contribution in [0, 0.1) is 0 Å². The van der Waals surface area contributed by atoms with Gasteiger partial charge in [0.2, 0.25) is 0 Å². The summed E-state index contributed by atoms with van der Waals surface area (Å²) in [5, 5.41) is 2.88. The molecule has 5 heteroatoms. The molecule has 1 unspecified atom stereocenters. The van der Waals surface area contributed by atoms with Crippen LogP contribution in [0.3, 0.4) is 0 Å². The molecule has 0 radical (unpaired) electrons. The molecule has 0 aliphatic carbocycles. The SMILES string of the molecule is COc1ccc(C(=O)Nc2ccccc2C(C)N)cc1OC. The molecule has 0 spiro atoms. The van der Waals surface area contributed by atoms with Crippen molar-refractivity contribution in [2.24, 2.45) is 5.73 Å². The number of hydrogen-bond donors (Lipinski definition) is 2. The smallest absolute Gasteiger partial charge is 0.255 e. The molecular weight excluding hydrogens is 280 g/mol. The molecule has 5 nitrogen and oxygen atoms in total. The minimum Gasteiger partial charge on any atom is -0.493 e. The molecule has 116 valence electrons. The van der Waals surface area contributed by atoms with Gasteiger partial charge in [-0.2, -0.15) is 0 Å². The summed E-state index contributed by atoms with van der Waals surface area (Å²) in [6.07, 6.45) is 0. The summed E-state index contributed by atoms with van der Waals surface area (Å²) in [6, 6.07) is 12.3. The fourth-order valence-corrected chi connectivity index (χ4v) is 2.18. The third kappa shape index (κ3) is 3.38. The number of rotatable bonds is 5. The Labute approximate surface area is 130 Å². The molecule has 1 atom stereocenters. The summed E-state index contributed by atoms with van der Waals surface area (Å²) >= 11 is 0. The number of ether oxygens (including phenoxy) is 2. The van der Waals surface area contributed by atoms with E-state index in [0.717, 1.165) is 5.56 Å². The monoisotopic (exact) mass is 300 g/mol. The largest absolute Gasteiger partial charge is 0.493 e. The highest BCUT2D eigenvalue weighted by molar-refractivity contribution is 6.05. The van der Waals surface area contributed by atoms with Crippen LogP contribution in [0.1, 0.15) is 28.9 Å².